The summed E-state index contributed by atoms with van der Waals surface area (Å²) in [7, 11) is 0. The van der Waals surface area contributed by atoms with Crippen LogP contribution in [0.15, 0.2) is 6.07 Å². The number of alkyl halides is 1. The van der Waals surface area contributed by atoms with E-state index < -0.39 is 0 Å². The Balaban J connectivity index is 2.12. The number of aromatic nitrogens is 2. The molecule has 1 unspecified atom stereocenters. The minimum atomic E-state index is 0.804. The highest BCUT2D eigenvalue weighted by Crippen LogP contribution is 2.24. The molecule has 1 aliphatic heterocycles. The molecular weight excluding hydrogens is 290 g/mol. The molecule has 1 saturated heterocycles. The molecule has 18 heavy (non-hydrogen) atoms. The lowest BCUT2D eigenvalue weighted by atomic mass is 9.95. The van der Waals surface area contributed by atoms with Gasteiger partial charge in [-0.15, -0.1) is 0 Å². The molecule has 0 spiro atoms. The highest BCUT2D eigenvalue weighted by atomic mass is 79.9. The zero-order valence-corrected chi connectivity index (χ0v) is 12.9. The van der Waals surface area contributed by atoms with Crippen molar-refractivity contribution in [2.75, 3.05) is 23.3 Å². The second-order valence-electron chi connectivity index (χ2n) is 5.05. The summed E-state index contributed by atoms with van der Waals surface area (Å²) < 4.78 is 0. The van der Waals surface area contributed by atoms with E-state index in [1.807, 2.05) is 6.92 Å². The first kappa shape index (κ1) is 13.8. The predicted octanol–water partition coefficient (Wildman–Crippen LogP) is 3.35. The third-order valence-corrected chi connectivity index (χ3v) is 4.06. The second-order valence-corrected chi connectivity index (χ2v) is 5.84. The maximum absolute atomic E-state index is 4.60. The number of halogens is 1. The second kappa shape index (κ2) is 6.50. The summed E-state index contributed by atoms with van der Waals surface area (Å²) in [5, 5.41) is 1.11. The lowest BCUT2D eigenvalue weighted by Crippen LogP contribution is -2.36. The predicted molar refractivity (Wildman–Crippen MR) is 79.5 cm³/mol. The van der Waals surface area contributed by atoms with Crippen molar-refractivity contribution >= 4 is 21.7 Å². The van der Waals surface area contributed by atoms with E-state index in [9.17, 15) is 0 Å². The lowest BCUT2D eigenvalue weighted by molar-refractivity contribution is 0.406. The van der Waals surface area contributed by atoms with E-state index in [4.69, 9.17) is 0 Å². The Labute approximate surface area is 118 Å². The van der Waals surface area contributed by atoms with Crippen LogP contribution in [0.1, 0.15) is 37.7 Å². The molecule has 1 fully saturated rings. The van der Waals surface area contributed by atoms with Gasteiger partial charge in [0.05, 0.1) is 0 Å². The number of anilines is 1. The molecule has 3 nitrogen and oxygen atoms in total. The van der Waals surface area contributed by atoms with E-state index >= 15 is 0 Å². The van der Waals surface area contributed by atoms with E-state index in [0.29, 0.717) is 0 Å². The van der Waals surface area contributed by atoms with Crippen LogP contribution in [-0.4, -0.2) is 28.4 Å². The van der Waals surface area contributed by atoms with Crippen molar-refractivity contribution in [1.29, 1.82) is 0 Å². The van der Waals surface area contributed by atoms with Gasteiger partial charge >= 0.3 is 0 Å². The third-order valence-electron chi connectivity index (χ3n) is 3.60. The van der Waals surface area contributed by atoms with E-state index in [2.05, 4.69) is 43.8 Å². The van der Waals surface area contributed by atoms with Gasteiger partial charge in [0.1, 0.15) is 11.6 Å². The van der Waals surface area contributed by atoms with Crippen LogP contribution in [0.2, 0.25) is 0 Å². The highest BCUT2D eigenvalue weighted by molar-refractivity contribution is 9.09. The average Bonchev–Trinajstić information content (AvgIpc) is 2.39. The summed E-state index contributed by atoms with van der Waals surface area (Å²) in [6.07, 6.45) is 4.88. The maximum Gasteiger partial charge on any atom is 0.132 e. The Bertz CT molecular complexity index is 393. The summed E-state index contributed by atoms with van der Waals surface area (Å²) in [6.45, 7) is 6.42. The van der Waals surface area contributed by atoms with Crippen molar-refractivity contribution in [3.8, 4) is 0 Å². The fourth-order valence-electron chi connectivity index (χ4n) is 2.62. The zero-order chi connectivity index (χ0) is 13.0. The number of aryl methyl sites for hydroxylation is 2. The van der Waals surface area contributed by atoms with Crippen molar-refractivity contribution in [3.63, 3.8) is 0 Å². The highest BCUT2D eigenvalue weighted by Gasteiger charge is 2.20. The zero-order valence-electron chi connectivity index (χ0n) is 11.3. The van der Waals surface area contributed by atoms with Gasteiger partial charge in [0.25, 0.3) is 0 Å². The summed E-state index contributed by atoms with van der Waals surface area (Å²) in [4.78, 5) is 11.5. The van der Waals surface area contributed by atoms with E-state index in [-0.39, 0.29) is 0 Å². The number of rotatable bonds is 4. The standard InChI is InChI=1S/C14H22BrN3/c1-3-13-9-14(17-11(2)16-13)18-8-4-5-12(10-18)6-7-15/h9,12H,3-8,10H2,1-2H3. The first-order chi connectivity index (χ1) is 8.72. The first-order valence-corrected chi connectivity index (χ1v) is 8.00. The fourth-order valence-corrected chi connectivity index (χ4v) is 3.27. The topological polar surface area (TPSA) is 29.0 Å². The van der Waals surface area contributed by atoms with Crippen LogP contribution in [0.25, 0.3) is 0 Å². The van der Waals surface area contributed by atoms with Crippen LogP contribution in [0, 0.1) is 12.8 Å². The Hall–Kier alpha value is -0.640. The van der Waals surface area contributed by atoms with E-state index in [1.54, 1.807) is 0 Å². The first-order valence-electron chi connectivity index (χ1n) is 6.88. The van der Waals surface area contributed by atoms with Gasteiger partial charge in [-0.2, -0.15) is 0 Å². The number of hydrogen-bond acceptors (Lipinski definition) is 3. The van der Waals surface area contributed by atoms with Crippen LogP contribution in [-0.2, 0) is 6.42 Å². The number of hydrogen-bond donors (Lipinski definition) is 0. The van der Waals surface area contributed by atoms with Crippen molar-refractivity contribution < 1.29 is 0 Å². The maximum atomic E-state index is 4.60. The summed E-state index contributed by atoms with van der Waals surface area (Å²) in [5.41, 5.74) is 1.15. The van der Waals surface area contributed by atoms with E-state index in [0.717, 1.165) is 48.1 Å². The Morgan fingerprint density at radius 3 is 3.00 bits per heavy atom. The summed E-state index contributed by atoms with van der Waals surface area (Å²) in [5.74, 6) is 2.82. The molecule has 1 aromatic rings. The summed E-state index contributed by atoms with van der Waals surface area (Å²) >= 11 is 3.55. The number of piperidine rings is 1. The molecule has 0 saturated carbocycles. The van der Waals surface area contributed by atoms with Crippen molar-refractivity contribution in [1.82, 2.24) is 9.97 Å². The van der Waals surface area contributed by atoms with Gasteiger partial charge in [-0.25, -0.2) is 9.97 Å². The minimum absolute atomic E-state index is 0.804. The Morgan fingerprint density at radius 1 is 1.44 bits per heavy atom. The van der Waals surface area contributed by atoms with Crippen molar-refractivity contribution in [2.24, 2.45) is 5.92 Å². The van der Waals surface area contributed by atoms with Crippen LogP contribution >= 0.6 is 15.9 Å². The normalized spacial score (nSPS) is 20.2. The molecule has 1 aromatic heterocycles. The molecule has 0 amide bonds. The van der Waals surface area contributed by atoms with Gasteiger partial charge in [0, 0.05) is 30.2 Å². The van der Waals surface area contributed by atoms with Crippen LogP contribution in [0.4, 0.5) is 5.82 Å². The molecule has 0 bridgehead atoms. The van der Waals surface area contributed by atoms with Crippen molar-refractivity contribution in [3.05, 3.63) is 17.6 Å². The van der Waals surface area contributed by atoms with Gasteiger partial charge < -0.3 is 4.90 Å². The lowest BCUT2D eigenvalue weighted by Gasteiger charge is -2.33. The van der Waals surface area contributed by atoms with Crippen LogP contribution in [0.3, 0.4) is 0 Å². The molecular formula is C14H22BrN3. The monoisotopic (exact) mass is 311 g/mol. The fraction of sp³-hybridized carbons (Fsp3) is 0.714. The average molecular weight is 312 g/mol. The Kier molecular flexibility index (Phi) is 4.98. The van der Waals surface area contributed by atoms with Gasteiger partial charge in [-0.05, 0) is 38.5 Å². The SMILES string of the molecule is CCc1cc(N2CCCC(CCBr)C2)nc(C)n1. The van der Waals surface area contributed by atoms with Crippen LogP contribution in [0.5, 0.6) is 0 Å². The molecule has 100 valence electrons. The number of nitrogens with zero attached hydrogens (tertiary/aromatic N) is 3. The molecule has 2 heterocycles. The third kappa shape index (κ3) is 3.44. The largest absolute Gasteiger partial charge is 0.356 e. The van der Waals surface area contributed by atoms with Gasteiger partial charge in [0.2, 0.25) is 0 Å². The molecule has 0 radical (unpaired) electrons. The van der Waals surface area contributed by atoms with E-state index in [1.165, 1.54) is 19.3 Å². The Morgan fingerprint density at radius 2 is 2.28 bits per heavy atom. The van der Waals surface area contributed by atoms with Gasteiger partial charge in [-0.3, -0.25) is 0 Å². The molecule has 0 aromatic carbocycles. The minimum Gasteiger partial charge on any atom is -0.356 e. The van der Waals surface area contributed by atoms with Crippen molar-refractivity contribution in [2.45, 2.75) is 39.5 Å². The summed E-state index contributed by atoms with van der Waals surface area (Å²) in [6, 6.07) is 2.16. The molecule has 2 rings (SSSR count). The molecule has 1 atom stereocenters. The molecule has 4 heteroatoms. The molecule has 1 aliphatic rings. The van der Waals surface area contributed by atoms with Gasteiger partial charge in [0.15, 0.2) is 0 Å². The smallest absolute Gasteiger partial charge is 0.132 e. The van der Waals surface area contributed by atoms with Gasteiger partial charge in [-0.1, -0.05) is 22.9 Å². The van der Waals surface area contributed by atoms with Crippen LogP contribution < -0.4 is 4.90 Å². The quantitative estimate of drug-likeness (QED) is 0.799. The molecule has 0 aliphatic carbocycles. The molecule has 0 N–H and O–H groups in total.